The number of carbonyl (C=O) groups excluding carboxylic acids is 1. The van der Waals surface area contributed by atoms with E-state index in [4.69, 9.17) is 0 Å². The van der Waals surface area contributed by atoms with Crippen LogP contribution in [0.1, 0.15) is 12.8 Å². The fourth-order valence-electron chi connectivity index (χ4n) is 1.93. The Morgan fingerprint density at radius 2 is 1.95 bits per heavy atom. The molecule has 1 rings (SSSR count). The first kappa shape index (κ1) is 16.2. The summed E-state index contributed by atoms with van der Waals surface area (Å²) in [5.74, 6) is 1.98. The number of aliphatic hydroxyl groups excluding tert-OH is 1. The first-order chi connectivity index (χ1) is 9.05. The number of nitrogens with zero attached hydrogens (tertiary/aromatic N) is 1. The molecule has 0 aromatic carbocycles. The van der Waals surface area contributed by atoms with Gasteiger partial charge in [0.05, 0.1) is 6.54 Å². The molecule has 1 saturated heterocycles. The SMILES string of the molecule is C=CCN(CC(=C)O)C(=O)C1(CC=C)SCCCS1. The summed E-state index contributed by atoms with van der Waals surface area (Å²) in [6, 6.07) is 0. The Morgan fingerprint density at radius 3 is 2.42 bits per heavy atom. The van der Waals surface area contributed by atoms with Gasteiger partial charge in [-0.15, -0.1) is 36.7 Å². The van der Waals surface area contributed by atoms with Crippen molar-refractivity contribution in [2.45, 2.75) is 16.9 Å². The molecule has 3 nitrogen and oxygen atoms in total. The van der Waals surface area contributed by atoms with E-state index in [-0.39, 0.29) is 18.2 Å². The van der Waals surface area contributed by atoms with Gasteiger partial charge in [-0.2, -0.15) is 0 Å². The molecule has 0 aromatic rings. The molecule has 1 heterocycles. The van der Waals surface area contributed by atoms with Crippen molar-refractivity contribution in [1.82, 2.24) is 4.90 Å². The van der Waals surface area contributed by atoms with Crippen molar-refractivity contribution >= 4 is 29.4 Å². The van der Waals surface area contributed by atoms with E-state index in [0.29, 0.717) is 13.0 Å². The van der Waals surface area contributed by atoms with Crippen LogP contribution >= 0.6 is 23.5 Å². The van der Waals surface area contributed by atoms with Crippen LogP contribution in [0.15, 0.2) is 37.6 Å². The predicted octanol–water partition coefficient (Wildman–Crippen LogP) is 3.22. The number of amides is 1. The summed E-state index contributed by atoms with van der Waals surface area (Å²) in [5.41, 5.74) is 0. The lowest BCUT2D eigenvalue weighted by atomic mass is 10.2. The summed E-state index contributed by atoms with van der Waals surface area (Å²) in [5, 5.41) is 9.35. The monoisotopic (exact) mass is 299 g/mol. The van der Waals surface area contributed by atoms with Crippen molar-refractivity contribution in [3.8, 4) is 0 Å². The molecule has 19 heavy (non-hydrogen) atoms. The zero-order chi connectivity index (χ0) is 14.3. The summed E-state index contributed by atoms with van der Waals surface area (Å²) in [4.78, 5) is 14.4. The van der Waals surface area contributed by atoms with Gasteiger partial charge in [0.2, 0.25) is 5.91 Å². The van der Waals surface area contributed by atoms with Crippen LogP contribution in [0, 0.1) is 0 Å². The minimum Gasteiger partial charge on any atom is -0.511 e. The summed E-state index contributed by atoms with van der Waals surface area (Å²) < 4.78 is -0.502. The molecule has 1 aliphatic rings. The van der Waals surface area contributed by atoms with E-state index in [2.05, 4.69) is 19.7 Å². The Morgan fingerprint density at radius 1 is 1.32 bits per heavy atom. The molecular weight excluding hydrogens is 278 g/mol. The van der Waals surface area contributed by atoms with Crippen molar-refractivity contribution in [3.05, 3.63) is 37.6 Å². The first-order valence-corrected chi connectivity index (χ1v) is 8.18. The van der Waals surface area contributed by atoms with E-state index in [9.17, 15) is 9.90 Å². The lowest BCUT2D eigenvalue weighted by molar-refractivity contribution is -0.130. The number of rotatable bonds is 7. The highest BCUT2D eigenvalue weighted by atomic mass is 32.2. The fraction of sp³-hybridized carbons (Fsp3) is 0.500. The van der Waals surface area contributed by atoms with Crippen molar-refractivity contribution in [2.24, 2.45) is 0 Å². The van der Waals surface area contributed by atoms with Crippen molar-refractivity contribution < 1.29 is 9.90 Å². The van der Waals surface area contributed by atoms with Gasteiger partial charge >= 0.3 is 0 Å². The van der Waals surface area contributed by atoms with E-state index in [1.54, 1.807) is 40.6 Å². The Kier molecular flexibility index (Phi) is 6.58. The maximum atomic E-state index is 12.8. The lowest BCUT2D eigenvalue weighted by Crippen LogP contribution is -2.47. The minimum absolute atomic E-state index is 0.00485. The standard InChI is InChI=1S/C14H21NO2S2/c1-4-7-14(18-9-6-10-19-14)13(17)15(8-5-2)11-12(3)16/h4-5,16H,1-3,6-11H2. The van der Waals surface area contributed by atoms with Gasteiger partial charge in [-0.1, -0.05) is 18.7 Å². The van der Waals surface area contributed by atoms with E-state index in [0.717, 1.165) is 17.9 Å². The third-order valence-corrected chi connectivity index (χ3v) is 6.02. The molecule has 0 unspecified atom stereocenters. The van der Waals surface area contributed by atoms with Crippen LogP contribution in [-0.2, 0) is 4.79 Å². The highest BCUT2D eigenvalue weighted by Crippen LogP contribution is 2.46. The maximum Gasteiger partial charge on any atom is 0.250 e. The molecule has 0 aromatic heterocycles. The number of carbonyl (C=O) groups is 1. The summed E-state index contributed by atoms with van der Waals surface area (Å²) in [6.07, 6.45) is 5.21. The topological polar surface area (TPSA) is 40.5 Å². The van der Waals surface area contributed by atoms with Crippen LogP contribution < -0.4 is 0 Å². The van der Waals surface area contributed by atoms with Gasteiger partial charge in [0.1, 0.15) is 9.84 Å². The summed E-state index contributed by atoms with van der Waals surface area (Å²) in [6.45, 7) is 11.5. The molecule has 0 aliphatic carbocycles. The highest BCUT2D eigenvalue weighted by molar-refractivity contribution is 8.19. The van der Waals surface area contributed by atoms with Crippen molar-refractivity contribution in [2.75, 3.05) is 24.6 Å². The number of aliphatic hydroxyl groups is 1. The lowest BCUT2D eigenvalue weighted by Gasteiger charge is -2.37. The highest BCUT2D eigenvalue weighted by Gasteiger charge is 2.42. The van der Waals surface area contributed by atoms with Gasteiger partial charge in [-0.25, -0.2) is 0 Å². The molecule has 0 spiro atoms. The Bertz CT molecular complexity index is 362. The number of hydrogen-bond acceptors (Lipinski definition) is 4. The maximum absolute atomic E-state index is 12.8. The van der Waals surface area contributed by atoms with E-state index >= 15 is 0 Å². The van der Waals surface area contributed by atoms with Gasteiger partial charge in [-0.3, -0.25) is 4.79 Å². The fourth-order valence-corrected chi connectivity index (χ4v) is 5.16. The average Bonchev–Trinajstić information content (AvgIpc) is 2.38. The second kappa shape index (κ2) is 7.70. The Labute approximate surface area is 123 Å². The molecule has 1 fully saturated rings. The van der Waals surface area contributed by atoms with Crippen LogP contribution in [0.4, 0.5) is 0 Å². The molecular formula is C14H21NO2S2. The molecule has 1 amide bonds. The third kappa shape index (κ3) is 4.35. The molecule has 1 aliphatic heterocycles. The second-order valence-electron chi connectivity index (χ2n) is 4.34. The average molecular weight is 299 g/mol. The number of hydrogen-bond donors (Lipinski definition) is 1. The molecule has 0 saturated carbocycles. The van der Waals surface area contributed by atoms with Crippen LogP contribution in [0.2, 0.25) is 0 Å². The van der Waals surface area contributed by atoms with Gasteiger partial charge in [-0.05, 0) is 24.3 Å². The largest absolute Gasteiger partial charge is 0.511 e. The van der Waals surface area contributed by atoms with Crippen molar-refractivity contribution in [1.29, 1.82) is 0 Å². The zero-order valence-electron chi connectivity index (χ0n) is 11.1. The normalized spacial score (nSPS) is 17.5. The van der Waals surface area contributed by atoms with Crippen LogP contribution in [0.3, 0.4) is 0 Å². The van der Waals surface area contributed by atoms with Crippen LogP contribution in [0.25, 0.3) is 0 Å². The second-order valence-corrected chi connectivity index (χ2v) is 7.38. The van der Waals surface area contributed by atoms with Gasteiger partial charge in [0, 0.05) is 6.54 Å². The molecule has 0 atom stereocenters. The first-order valence-electron chi connectivity index (χ1n) is 6.21. The minimum atomic E-state index is -0.502. The summed E-state index contributed by atoms with van der Waals surface area (Å²) in [7, 11) is 0. The van der Waals surface area contributed by atoms with E-state index in [1.165, 1.54) is 0 Å². The molecule has 5 heteroatoms. The van der Waals surface area contributed by atoms with Gasteiger partial charge in [0.25, 0.3) is 0 Å². The van der Waals surface area contributed by atoms with E-state index < -0.39 is 4.08 Å². The van der Waals surface area contributed by atoms with Gasteiger partial charge in [0.15, 0.2) is 0 Å². The Balaban J connectivity index is 2.91. The number of allylic oxidation sites excluding steroid dienone is 1. The Hall–Kier alpha value is -0.810. The van der Waals surface area contributed by atoms with Crippen LogP contribution in [0.5, 0.6) is 0 Å². The third-order valence-electron chi connectivity index (χ3n) is 2.71. The van der Waals surface area contributed by atoms with Gasteiger partial charge < -0.3 is 10.0 Å². The molecule has 106 valence electrons. The van der Waals surface area contributed by atoms with Crippen LogP contribution in [-0.4, -0.2) is 44.6 Å². The molecule has 0 bridgehead atoms. The number of thioether (sulfide) groups is 2. The van der Waals surface area contributed by atoms with E-state index in [1.807, 2.05) is 0 Å². The summed E-state index contributed by atoms with van der Waals surface area (Å²) >= 11 is 3.36. The molecule has 1 N–H and O–H groups in total. The van der Waals surface area contributed by atoms with Crippen molar-refractivity contribution in [3.63, 3.8) is 0 Å². The quantitative estimate of drug-likeness (QED) is 0.579. The smallest absolute Gasteiger partial charge is 0.250 e. The zero-order valence-corrected chi connectivity index (χ0v) is 12.8. The predicted molar refractivity (Wildman–Crippen MR) is 85.6 cm³/mol. The molecule has 0 radical (unpaired) electrons.